The first-order valence-corrected chi connectivity index (χ1v) is 12.8. The number of fused-ring (bicyclic) bond motifs is 1. The molecule has 200 valence electrons. The molecule has 1 aliphatic carbocycles. The number of rotatable bonds is 8. The molecule has 1 atom stereocenters. The molecular weight excluding hydrogens is 528 g/mol. The van der Waals surface area contributed by atoms with Crippen LogP contribution in [0, 0.1) is 5.92 Å². The number of likely N-dealkylation sites (tertiary alicyclic amines) is 1. The summed E-state index contributed by atoms with van der Waals surface area (Å²) in [7, 11) is 0. The summed E-state index contributed by atoms with van der Waals surface area (Å²) < 4.78 is 27.4. The highest BCUT2D eigenvalue weighted by Gasteiger charge is 2.33. The fourth-order valence-corrected chi connectivity index (χ4v) is 5.45. The van der Waals surface area contributed by atoms with E-state index in [1.165, 1.54) is 11.3 Å². The van der Waals surface area contributed by atoms with E-state index in [4.69, 9.17) is 0 Å². The average molecular weight is 556 g/mol. The number of anilines is 1. The Morgan fingerprint density at radius 2 is 1.97 bits per heavy atom. The largest absolute Gasteiger partial charge is 0.465 e. The molecule has 0 bridgehead atoms. The second-order valence-corrected chi connectivity index (χ2v) is 10.2. The van der Waals surface area contributed by atoms with E-state index < -0.39 is 25.1 Å². The van der Waals surface area contributed by atoms with Gasteiger partial charge in [-0.3, -0.25) is 9.69 Å². The van der Waals surface area contributed by atoms with Crippen LogP contribution >= 0.6 is 23.7 Å². The van der Waals surface area contributed by atoms with Crippen molar-refractivity contribution in [3.63, 3.8) is 0 Å². The summed E-state index contributed by atoms with van der Waals surface area (Å²) in [5.74, 6) is 1.23. The van der Waals surface area contributed by atoms with Gasteiger partial charge in [-0.15, -0.1) is 23.7 Å². The lowest BCUT2D eigenvalue weighted by Gasteiger charge is -2.37. The number of carbonyl (C=O) groups is 2. The number of thiazole rings is 1. The first-order chi connectivity index (χ1) is 17.3. The maximum Gasteiger partial charge on any atom is 0.407 e. The normalized spacial score (nSPS) is 17.0. The molecule has 4 heterocycles. The molecule has 0 aromatic carbocycles. The number of piperidine rings is 1. The summed E-state index contributed by atoms with van der Waals surface area (Å²) in [6, 6.07) is 1.29. The first-order valence-electron chi connectivity index (χ1n) is 11.9. The Kier molecular flexibility index (Phi) is 8.12. The molecule has 2 amide bonds. The van der Waals surface area contributed by atoms with Gasteiger partial charge in [0.1, 0.15) is 16.3 Å². The van der Waals surface area contributed by atoms with Gasteiger partial charge in [-0.05, 0) is 38.5 Å². The Morgan fingerprint density at radius 3 is 2.62 bits per heavy atom. The molecule has 2 N–H and O–H groups in total. The monoisotopic (exact) mass is 555 g/mol. The van der Waals surface area contributed by atoms with Crippen LogP contribution in [0.3, 0.4) is 0 Å². The summed E-state index contributed by atoms with van der Waals surface area (Å²) in [5.41, 5.74) is 0.951. The van der Waals surface area contributed by atoms with E-state index >= 15 is 0 Å². The molecule has 0 radical (unpaired) electrons. The summed E-state index contributed by atoms with van der Waals surface area (Å²) >= 11 is 1.50. The van der Waals surface area contributed by atoms with Crippen molar-refractivity contribution in [2.75, 3.05) is 25.0 Å². The molecule has 0 spiro atoms. The average Bonchev–Trinajstić information content (AvgIpc) is 3.48. The zero-order valence-electron chi connectivity index (χ0n) is 20.1. The van der Waals surface area contributed by atoms with Crippen LogP contribution < -0.4 is 5.32 Å². The third kappa shape index (κ3) is 5.93. The van der Waals surface area contributed by atoms with Crippen LogP contribution in [-0.4, -0.2) is 84.6 Å². The van der Waals surface area contributed by atoms with Crippen LogP contribution in [0.5, 0.6) is 0 Å². The number of halogens is 3. The second-order valence-electron chi connectivity index (χ2n) is 9.29. The van der Waals surface area contributed by atoms with Gasteiger partial charge in [0.15, 0.2) is 5.82 Å². The smallest absolute Gasteiger partial charge is 0.407 e. The lowest BCUT2D eigenvalue weighted by molar-refractivity contribution is 0.0388. The summed E-state index contributed by atoms with van der Waals surface area (Å²) in [4.78, 5) is 37.4. The molecule has 3 aromatic heterocycles. The molecule has 0 unspecified atom stereocenters. The Morgan fingerprint density at radius 1 is 1.24 bits per heavy atom. The molecule has 10 nitrogen and oxygen atoms in total. The van der Waals surface area contributed by atoms with E-state index in [2.05, 4.69) is 27.3 Å². The number of carboxylic acid groups (broad SMARTS) is 1. The number of amides is 2. The summed E-state index contributed by atoms with van der Waals surface area (Å²) in [5, 5.41) is 19.0. The van der Waals surface area contributed by atoms with Crippen LogP contribution in [-0.2, 0) is 0 Å². The van der Waals surface area contributed by atoms with Crippen LogP contribution in [0.4, 0.5) is 19.4 Å². The number of carbonyl (C=O) groups excluding carboxylic acids is 1. The Balaban J connectivity index is 0.00000320. The third-order valence-corrected chi connectivity index (χ3v) is 7.68. The summed E-state index contributed by atoms with van der Waals surface area (Å²) in [6.45, 7) is 1.76. The number of nitrogens with one attached hydrogen (secondary N) is 1. The van der Waals surface area contributed by atoms with Gasteiger partial charge < -0.3 is 15.3 Å². The predicted molar refractivity (Wildman–Crippen MR) is 137 cm³/mol. The van der Waals surface area contributed by atoms with E-state index in [9.17, 15) is 23.5 Å². The maximum atomic E-state index is 13.4. The predicted octanol–water partition coefficient (Wildman–Crippen LogP) is 4.33. The van der Waals surface area contributed by atoms with Crippen molar-refractivity contribution in [2.45, 2.75) is 51.1 Å². The van der Waals surface area contributed by atoms with Gasteiger partial charge >= 0.3 is 6.09 Å². The summed E-state index contributed by atoms with van der Waals surface area (Å²) in [6.07, 6.45) is 2.28. The van der Waals surface area contributed by atoms with Crippen molar-refractivity contribution in [3.05, 3.63) is 29.5 Å². The van der Waals surface area contributed by atoms with Gasteiger partial charge in [-0.1, -0.05) is 0 Å². The van der Waals surface area contributed by atoms with Crippen LogP contribution in [0.1, 0.15) is 43.1 Å². The van der Waals surface area contributed by atoms with E-state index in [1.807, 2.05) is 11.6 Å². The van der Waals surface area contributed by atoms with Crippen molar-refractivity contribution in [1.29, 1.82) is 0 Å². The zero-order valence-corrected chi connectivity index (χ0v) is 21.7. The van der Waals surface area contributed by atoms with Crippen LogP contribution in [0.15, 0.2) is 23.8 Å². The van der Waals surface area contributed by atoms with Gasteiger partial charge in [-0.2, -0.15) is 5.10 Å². The SMILES string of the molecule is C[C@@H](Nc1cc(C(=O)N2CCC(N(CC(F)F)C(=O)O)CC2)nc(-c2cnn3ccsc23)n1)C1CC1.Cl. The Hall–Kier alpha value is -3.06. The minimum Gasteiger partial charge on any atom is -0.465 e. The van der Waals surface area contributed by atoms with Gasteiger partial charge in [0.2, 0.25) is 0 Å². The van der Waals surface area contributed by atoms with Crippen molar-refractivity contribution in [2.24, 2.45) is 5.92 Å². The first kappa shape index (κ1) is 27.0. The quantitative estimate of drug-likeness (QED) is 0.425. The lowest BCUT2D eigenvalue weighted by atomic mass is 10.0. The molecule has 1 saturated carbocycles. The fraction of sp³-hybridized carbons (Fsp3) is 0.522. The molecule has 14 heteroatoms. The highest BCUT2D eigenvalue weighted by molar-refractivity contribution is 7.16. The van der Waals surface area contributed by atoms with E-state index in [0.717, 1.165) is 28.1 Å². The third-order valence-electron chi connectivity index (χ3n) is 6.80. The van der Waals surface area contributed by atoms with E-state index in [0.29, 0.717) is 17.6 Å². The van der Waals surface area contributed by atoms with Gasteiger partial charge in [-0.25, -0.2) is 28.1 Å². The molecule has 1 saturated heterocycles. The standard InChI is InChI=1S/C23H27F2N7O3S.ClH/c1-13(14-2-3-14)27-19-10-17(28-20(29-19)16-11-26-32-8-9-36-22(16)32)21(33)30-6-4-15(5-7-30)31(23(34)35)12-18(24)25;/h8-11,13-15,18H,2-7,12H2,1H3,(H,34,35)(H,27,28,29);1H/t13-;/m1./s1. The number of alkyl halides is 2. The highest BCUT2D eigenvalue weighted by atomic mass is 35.5. The topological polar surface area (TPSA) is 116 Å². The molecule has 3 aromatic rings. The highest BCUT2D eigenvalue weighted by Crippen LogP contribution is 2.34. The lowest BCUT2D eigenvalue weighted by Crippen LogP contribution is -2.49. The van der Waals surface area contributed by atoms with Crippen molar-refractivity contribution in [1.82, 2.24) is 29.4 Å². The minimum atomic E-state index is -2.75. The van der Waals surface area contributed by atoms with Gasteiger partial charge in [0.05, 0.1) is 18.3 Å². The number of hydrogen-bond acceptors (Lipinski definition) is 7. The van der Waals surface area contributed by atoms with Gasteiger partial charge in [0.25, 0.3) is 12.3 Å². The number of aromatic nitrogens is 4. The molecule has 2 fully saturated rings. The molecular formula is C23H28ClF2N7O3S. The van der Waals surface area contributed by atoms with E-state index in [1.54, 1.807) is 21.7 Å². The number of hydrogen-bond donors (Lipinski definition) is 2. The van der Waals surface area contributed by atoms with Crippen LogP contribution in [0.2, 0.25) is 0 Å². The van der Waals surface area contributed by atoms with Crippen molar-refractivity contribution in [3.8, 4) is 11.4 Å². The zero-order chi connectivity index (χ0) is 25.4. The Labute approximate surface area is 222 Å². The molecule has 2 aliphatic rings. The van der Waals surface area contributed by atoms with E-state index in [-0.39, 0.29) is 56.0 Å². The fourth-order valence-electron chi connectivity index (χ4n) is 4.65. The van der Waals surface area contributed by atoms with Crippen molar-refractivity contribution >= 4 is 46.4 Å². The number of nitrogens with zero attached hydrogens (tertiary/aromatic N) is 6. The molecule has 5 rings (SSSR count). The van der Waals surface area contributed by atoms with Crippen LogP contribution in [0.25, 0.3) is 16.2 Å². The molecule has 1 aliphatic heterocycles. The second kappa shape index (κ2) is 11.1. The van der Waals surface area contributed by atoms with Gasteiger partial charge in [0, 0.05) is 42.8 Å². The maximum absolute atomic E-state index is 13.4. The molecule has 37 heavy (non-hydrogen) atoms. The van der Waals surface area contributed by atoms with Crippen molar-refractivity contribution < 1.29 is 23.5 Å². The minimum absolute atomic E-state index is 0. The Bertz CT molecular complexity index is 1260.